The highest BCUT2D eigenvalue weighted by Crippen LogP contribution is 2.47. The third-order valence-electron chi connectivity index (χ3n) is 9.42. The fraction of sp³-hybridized carbons (Fsp3) is 0.0476. The van der Waals surface area contributed by atoms with Crippen LogP contribution in [0.25, 0.3) is 49.9 Å². The van der Waals surface area contributed by atoms with Crippen molar-refractivity contribution in [3.63, 3.8) is 0 Å². The normalized spacial score (nSPS) is 12.2. The summed E-state index contributed by atoms with van der Waals surface area (Å²) in [6.45, 7) is 0. The third-order valence-corrected chi connectivity index (χ3v) is 9.42. The van der Waals surface area contributed by atoms with Gasteiger partial charge in [0.05, 0.1) is 28.6 Å². The number of aromatic nitrogens is 3. The summed E-state index contributed by atoms with van der Waals surface area (Å²) in [6.07, 6.45) is 2.61. The number of nitrogens with two attached hydrogens (primary N) is 1. The zero-order valence-corrected chi connectivity index (χ0v) is 26.4. The van der Waals surface area contributed by atoms with Gasteiger partial charge < -0.3 is 20.5 Å². The van der Waals surface area contributed by atoms with Crippen LogP contribution in [0.2, 0.25) is 0 Å². The monoisotopic (exact) mass is 620 g/mol. The molecule has 0 atom stereocenters. The van der Waals surface area contributed by atoms with E-state index in [4.69, 9.17) is 5.73 Å². The molecule has 230 valence electrons. The molecule has 0 fully saturated rings. The van der Waals surface area contributed by atoms with Crippen molar-refractivity contribution in [2.45, 2.75) is 6.42 Å². The first-order valence-electron chi connectivity index (χ1n) is 16.2. The second-order valence-corrected chi connectivity index (χ2v) is 12.3. The Morgan fingerprint density at radius 2 is 1.40 bits per heavy atom. The van der Waals surface area contributed by atoms with Crippen LogP contribution in [-0.2, 0) is 6.42 Å². The molecule has 6 heteroatoms. The van der Waals surface area contributed by atoms with Gasteiger partial charge >= 0.3 is 0 Å². The zero-order chi connectivity index (χ0) is 32.2. The predicted molar refractivity (Wildman–Crippen MR) is 199 cm³/mol. The first-order chi connectivity index (χ1) is 23.6. The third kappa shape index (κ3) is 4.49. The van der Waals surface area contributed by atoms with E-state index < -0.39 is 0 Å². The SMILES string of the molecule is CN1c2cc3c(cc2Cc2cccc(-c4ccccc4Nc4ncc(-c5ccccc5)nc4N)c21)c1ccccc1n3-c1ccccc1. The van der Waals surface area contributed by atoms with E-state index in [9.17, 15) is 0 Å². The van der Waals surface area contributed by atoms with Gasteiger partial charge in [-0.05, 0) is 47.5 Å². The molecule has 3 heterocycles. The number of benzene rings is 6. The molecule has 0 aliphatic carbocycles. The highest BCUT2D eigenvalue weighted by molar-refractivity contribution is 6.11. The predicted octanol–water partition coefficient (Wildman–Crippen LogP) is 9.91. The van der Waals surface area contributed by atoms with E-state index in [0.29, 0.717) is 11.6 Å². The molecular formula is C42H32N6. The van der Waals surface area contributed by atoms with E-state index >= 15 is 0 Å². The summed E-state index contributed by atoms with van der Waals surface area (Å²) in [5.74, 6) is 0.881. The van der Waals surface area contributed by atoms with Crippen molar-refractivity contribution >= 4 is 50.5 Å². The topological polar surface area (TPSA) is 72.0 Å². The fourth-order valence-corrected chi connectivity index (χ4v) is 7.23. The van der Waals surface area contributed by atoms with E-state index in [2.05, 4.69) is 135 Å². The second-order valence-electron chi connectivity index (χ2n) is 12.3. The van der Waals surface area contributed by atoms with Crippen LogP contribution < -0.4 is 16.0 Å². The van der Waals surface area contributed by atoms with Gasteiger partial charge in [0.15, 0.2) is 11.6 Å². The Labute approximate surface area is 278 Å². The van der Waals surface area contributed by atoms with Gasteiger partial charge in [-0.1, -0.05) is 103 Å². The van der Waals surface area contributed by atoms with Gasteiger partial charge in [-0.3, -0.25) is 0 Å². The summed E-state index contributed by atoms with van der Waals surface area (Å²) in [4.78, 5) is 11.7. The number of para-hydroxylation sites is 4. The molecule has 9 rings (SSSR count). The van der Waals surface area contributed by atoms with Gasteiger partial charge in [0.25, 0.3) is 0 Å². The molecule has 0 radical (unpaired) electrons. The molecule has 0 saturated heterocycles. The van der Waals surface area contributed by atoms with E-state index in [1.807, 2.05) is 36.4 Å². The number of fused-ring (bicyclic) bond motifs is 5. The average Bonchev–Trinajstić information content (AvgIpc) is 3.46. The van der Waals surface area contributed by atoms with Crippen molar-refractivity contribution in [2.75, 3.05) is 23.0 Å². The molecule has 1 aliphatic rings. The standard InChI is InChI=1S/C42H32N6/c1-47-38-25-39-34(32-19-9-11-22-37(32)48(39)30-16-6-3-7-17-30)24-29(38)23-28-15-12-20-33(40(28)47)31-18-8-10-21-35(31)46-42-41(43)45-36(26-44-42)27-13-4-2-5-14-27/h2-22,24-26H,23H2,1H3,(H2,43,45)(H,44,46). The summed E-state index contributed by atoms with van der Waals surface area (Å²) >= 11 is 0. The maximum absolute atomic E-state index is 6.46. The summed E-state index contributed by atoms with van der Waals surface area (Å²) in [5, 5.41) is 6.04. The minimum absolute atomic E-state index is 0.352. The van der Waals surface area contributed by atoms with Gasteiger partial charge in [-0.15, -0.1) is 0 Å². The molecule has 0 saturated carbocycles. The molecule has 6 nitrogen and oxygen atoms in total. The van der Waals surface area contributed by atoms with Crippen molar-refractivity contribution in [2.24, 2.45) is 0 Å². The molecule has 0 spiro atoms. The Bertz CT molecular complexity index is 2480. The van der Waals surface area contributed by atoms with E-state index in [-0.39, 0.29) is 0 Å². The molecule has 1 aliphatic heterocycles. The highest BCUT2D eigenvalue weighted by Gasteiger charge is 2.26. The Morgan fingerprint density at radius 3 is 2.23 bits per heavy atom. The van der Waals surface area contributed by atoms with Crippen LogP contribution in [0.3, 0.4) is 0 Å². The smallest absolute Gasteiger partial charge is 0.173 e. The number of nitrogens with one attached hydrogen (secondary N) is 1. The molecule has 3 N–H and O–H groups in total. The van der Waals surface area contributed by atoms with E-state index in [0.717, 1.165) is 40.2 Å². The van der Waals surface area contributed by atoms with Crippen molar-refractivity contribution in [3.05, 3.63) is 157 Å². The lowest BCUT2D eigenvalue weighted by Crippen LogP contribution is -2.19. The summed E-state index contributed by atoms with van der Waals surface area (Å²) in [7, 11) is 2.18. The van der Waals surface area contributed by atoms with Crippen LogP contribution in [0.5, 0.6) is 0 Å². The first kappa shape index (κ1) is 27.9. The minimum Gasteiger partial charge on any atom is -0.381 e. The van der Waals surface area contributed by atoms with E-state index in [1.165, 1.54) is 44.3 Å². The molecular weight excluding hydrogens is 589 g/mol. The van der Waals surface area contributed by atoms with Gasteiger partial charge in [-0.2, -0.15) is 0 Å². The summed E-state index contributed by atoms with van der Waals surface area (Å²) in [6, 6.07) is 49.0. The van der Waals surface area contributed by atoms with Crippen LogP contribution in [0, 0.1) is 0 Å². The van der Waals surface area contributed by atoms with Crippen LogP contribution >= 0.6 is 0 Å². The quantitative estimate of drug-likeness (QED) is 0.200. The Kier molecular flexibility index (Phi) is 6.47. The van der Waals surface area contributed by atoms with Gasteiger partial charge in [0, 0.05) is 58.0 Å². The maximum Gasteiger partial charge on any atom is 0.173 e. The van der Waals surface area contributed by atoms with Crippen LogP contribution in [0.1, 0.15) is 11.1 Å². The Morgan fingerprint density at radius 1 is 0.667 bits per heavy atom. The second kappa shape index (κ2) is 11.1. The van der Waals surface area contributed by atoms with Gasteiger partial charge in [-0.25, -0.2) is 9.97 Å². The maximum atomic E-state index is 6.46. The number of nitrogen functional groups attached to an aromatic ring is 1. The van der Waals surface area contributed by atoms with Gasteiger partial charge in [0.2, 0.25) is 0 Å². The molecule has 6 aromatic carbocycles. The lowest BCUT2D eigenvalue weighted by atomic mass is 9.89. The average molecular weight is 621 g/mol. The Hall–Kier alpha value is -6.40. The lowest BCUT2D eigenvalue weighted by molar-refractivity contribution is 1.06. The first-order valence-corrected chi connectivity index (χ1v) is 16.2. The largest absolute Gasteiger partial charge is 0.381 e. The molecule has 0 bridgehead atoms. The number of nitrogens with zero attached hydrogens (tertiary/aromatic N) is 4. The number of hydrogen-bond acceptors (Lipinski definition) is 5. The molecule has 48 heavy (non-hydrogen) atoms. The van der Waals surface area contributed by atoms with Crippen molar-refractivity contribution in [1.82, 2.24) is 14.5 Å². The zero-order valence-electron chi connectivity index (χ0n) is 26.4. The lowest BCUT2D eigenvalue weighted by Gasteiger charge is -2.33. The summed E-state index contributed by atoms with van der Waals surface area (Å²) < 4.78 is 2.38. The minimum atomic E-state index is 0.352. The van der Waals surface area contributed by atoms with Gasteiger partial charge in [0.1, 0.15) is 0 Å². The molecule has 2 aromatic heterocycles. The van der Waals surface area contributed by atoms with E-state index in [1.54, 1.807) is 6.20 Å². The molecule has 8 aromatic rings. The van der Waals surface area contributed by atoms with Crippen molar-refractivity contribution in [1.29, 1.82) is 0 Å². The Balaban J connectivity index is 1.14. The van der Waals surface area contributed by atoms with Crippen molar-refractivity contribution in [3.8, 4) is 28.1 Å². The summed E-state index contributed by atoms with van der Waals surface area (Å²) in [5.41, 5.74) is 19.9. The number of anilines is 5. The number of hydrogen-bond donors (Lipinski definition) is 2. The number of rotatable bonds is 5. The molecule has 0 unspecified atom stereocenters. The highest BCUT2D eigenvalue weighted by atomic mass is 15.1. The van der Waals surface area contributed by atoms with Crippen LogP contribution in [-0.4, -0.2) is 21.6 Å². The van der Waals surface area contributed by atoms with Crippen LogP contribution in [0.4, 0.5) is 28.7 Å². The molecule has 0 amide bonds. The fourth-order valence-electron chi connectivity index (χ4n) is 7.23. The van der Waals surface area contributed by atoms with Crippen LogP contribution in [0.15, 0.2) is 146 Å². The van der Waals surface area contributed by atoms with Crippen molar-refractivity contribution < 1.29 is 0 Å².